The fourth-order valence-electron chi connectivity index (χ4n) is 2.61. The van der Waals surface area contributed by atoms with Crippen molar-refractivity contribution in [3.05, 3.63) is 107 Å². The molecule has 0 aromatic heterocycles. The summed E-state index contributed by atoms with van der Waals surface area (Å²) in [7, 11) is -0.333. The van der Waals surface area contributed by atoms with Crippen molar-refractivity contribution in [1.29, 1.82) is 0 Å². The Morgan fingerprint density at radius 3 is 1.65 bits per heavy atom. The summed E-state index contributed by atoms with van der Waals surface area (Å²) in [6.45, 7) is 6.78. The van der Waals surface area contributed by atoms with Gasteiger partial charge in [-0.05, 0) is 70.3 Å². The summed E-state index contributed by atoms with van der Waals surface area (Å²) in [5.74, 6) is -0.483. The number of phenols is 2. The second-order valence-corrected chi connectivity index (χ2v) is 9.60. The van der Waals surface area contributed by atoms with Crippen LogP contribution in [-0.2, 0) is 26.2 Å². The van der Waals surface area contributed by atoms with E-state index in [0.29, 0.717) is 0 Å². The van der Waals surface area contributed by atoms with E-state index >= 15 is 0 Å². The van der Waals surface area contributed by atoms with Gasteiger partial charge in [0.25, 0.3) is 0 Å². The van der Waals surface area contributed by atoms with Crippen LogP contribution in [0.25, 0.3) is 0 Å². The molecule has 2 nitrogen and oxygen atoms in total. The number of aromatic hydroxyl groups is 2. The van der Waals surface area contributed by atoms with Gasteiger partial charge in [-0.1, -0.05) is 30.8 Å². The Morgan fingerprint density at radius 2 is 1.32 bits per heavy atom. The Morgan fingerprint density at radius 1 is 0.839 bits per heavy atom. The molecule has 0 unspecified atom stereocenters. The molecule has 0 heterocycles. The third-order valence-corrected chi connectivity index (χ3v) is 5.64. The van der Waals surface area contributed by atoms with Gasteiger partial charge in [0.05, 0.1) is 0 Å². The maximum atomic E-state index is 12.0. The summed E-state index contributed by atoms with van der Waals surface area (Å²) in [4.78, 5) is 0. The molecule has 4 rings (SSSR count). The molecule has 0 radical (unpaired) electrons. The van der Waals surface area contributed by atoms with Gasteiger partial charge in [-0.2, -0.15) is 17.7 Å². The minimum absolute atomic E-state index is 0. The van der Waals surface area contributed by atoms with Gasteiger partial charge in [0.1, 0.15) is 23.1 Å². The molecule has 0 bridgehead atoms. The predicted octanol–water partition coefficient (Wildman–Crippen LogP) is 6.13. The number of hydrogen-bond acceptors (Lipinski definition) is 2. The Labute approximate surface area is 203 Å². The number of benzene rings is 2. The fraction of sp³-hybridized carbons (Fsp3) is 0.160. The molecule has 0 aliphatic heterocycles. The molecule has 6 heteroatoms. The number of rotatable bonds is 1. The van der Waals surface area contributed by atoms with E-state index in [1.807, 2.05) is 0 Å². The van der Waals surface area contributed by atoms with Crippen LogP contribution < -0.4 is 0 Å². The van der Waals surface area contributed by atoms with E-state index in [1.165, 1.54) is 70.4 Å². The molecule has 2 aliphatic rings. The van der Waals surface area contributed by atoms with Gasteiger partial charge in [0, 0.05) is 26.2 Å². The van der Waals surface area contributed by atoms with Crippen LogP contribution in [0.3, 0.4) is 0 Å². The van der Waals surface area contributed by atoms with Crippen molar-refractivity contribution < 1.29 is 45.2 Å². The van der Waals surface area contributed by atoms with Crippen LogP contribution in [0.1, 0.15) is 13.3 Å². The molecule has 2 N–H and O–H groups in total. The SMILES string of the molecule is CC1=CCC(C2=[C-]C(=[Si](C)C)C=C2)=C1.Oc1ccc(F)cc1.Oc1ccc(F)cc1.[Zr]. The Bertz CT molecular complexity index is 929. The molecule has 0 fully saturated rings. The van der Waals surface area contributed by atoms with Crippen LogP contribution in [0.2, 0.25) is 13.1 Å². The first-order valence-corrected chi connectivity index (χ1v) is 12.0. The smallest absolute Gasteiger partial charge is 0.123 e. The second-order valence-electron chi connectivity index (χ2n) is 7.06. The van der Waals surface area contributed by atoms with E-state index in [2.05, 4.69) is 50.4 Å². The summed E-state index contributed by atoms with van der Waals surface area (Å²) in [6, 6.07) is 10.0. The molecule has 2 aromatic carbocycles. The maximum Gasteiger partial charge on any atom is 0.123 e. The van der Waals surface area contributed by atoms with Crippen LogP contribution in [0, 0.1) is 17.7 Å². The molecular formula is C25H25F2O2SiZr-. The molecule has 2 aliphatic carbocycles. The summed E-state index contributed by atoms with van der Waals surface area (Å²) in [6.07, 6.45) is 13.6. The largest absolute Gasteiger partial charge is 0.508 e. The first-order chi connectivity index (χ1) is 14.2. The van der Waals surface area contributed by atoms with Crippen molar-refractivity contribution in [3.8, 4) is 11.5 Å². The average molecular weight is 515 g/mol. The van der Waals surface area contributed by atoms with E-state index in [0.717, 1.165) is 6.42 Å². The van der Waals surface area contributed by atoms with Crippen LogP contribution in [0.5, 0.6) is 11.5 Å². The minimum Gasteiger partial charge on any atom is -0.508 e. The number of hydrogen-bond donors (Lipinski definition) is 2. The topological polar surface area (TPSA) is 40.5 Å². The predicted molar refractivity (Wildman–Crippen MR) is 121 cm³/mol. The summed E-state index contributed by atoms with van der Waals surface area (Å²) in [5, 5.41) is 18.6. The third-order valence-electron chi connectivity index (χ3n) is 4.27. The molecule has 0 saturated heterocycles. The third kappa shape index (κ3) is 9.67. The molecule has 160 valence electrons. The molecule has 31 heavy (non-hydrogen) atoms. The van der Waals surface area contributed by atoms with Crippen LogP contribution in [-0.4, -0.2) is 23.8 Å². The van der Waals surface area contributed by atoms with E-state index in [-0.39, 0.29) is 57.7 Å². The molecule has 0 atom stereocenters. The zero-order chi connectivity index (χ0) is 22.1. The summed E-state index contributed by atoms with van der Waals surface area (Å²) >= 11 is 0. The Kier molecular flexibility index (Phi) is 11.5. The summed E-state index contributed by atoms with van der Waals surface area (Å²) < 4.78 is 24.0. The fourth-order valence-corrected chi connectivity index (χ4v) is 3.41. The zero-order valence-corrected chi connectivity index (χ0v) is 21.2. The van der Waals surface area contributed by atoms with Gasteiger partial charge in [0.2, 0.25) is 0 Å². The van der Waals surface area contributed by atoms with Crippen molar-refractivity contribution in [3.63, 3.8) is 0 Å². The van der Waals surface area contributed by atoms with Gasteiger partial charge < -0.3 is 10.2 Å². The Balaban J connectivity index is 0.000000245. The first-order valence-electron chi connectivity index (χ1n) is 9.51. The first kappa shape index (κ1) is 26.9. The molecular weight excluding hydrogens is 490 g/mol. The standard InChI is InChI=1S/C13H15Si.2C6H5FO.Zr/c1-10-4-5-11(8-10)12-6-7-13(9-12)14(2)3;2*7-5-1-3-6(8)4-2-5;/h4,6-8H,5H2,1-3H3;2*1-4,8H;/q-1;;;. The maximum absolute atomic E-state index is 12.0. The van der Waals surface area contributed by atoms with Crippen molar-refractivity contribution in [2.45, 2.75) is 26.4 Å². The molecule has 2 aromatic rings. The van der Waals surface area contributed by atoms with E-state index in [1.54, 1.807) is 0 Å². The number of halogens is 2. The van der Waals surface area contributed by atoms with Gasteiger partial charge in [-0.3, -0.25) is 0 Å². The summed E-state index contributed by atoms with van der Waals surface area (Å²) in [5.41, 5.74) is 4.12. The average Bonchev–Trinajstić information content (AvgIpc) is 3.37. The van der Waals surface area contributed by atoms with Crippen molar-refractivity contribution in [2.75, 3.05) is 0 Å². The van der Waals surface area contributed by atoms with Crippen molar-refractivity contribution >= 4 is 13.6 Å². The molecule has 0 saturated carbocycles. The Hall–Kier alpha value is -2.17. The number of allylic oxidation sites excluding steroid dienone is 8. The van der Waals surface area contributed by atoms with E-state index < -0.39 is 0 Å². The number of phenolic OH excluding ortho intramolecular Hbond substituents is 2. The van der Waals surface area contributed by atoms with E-state index in [4.69, 9.17) is 10.2 Å². The van der Waals surface area contributed by atoms with E-state index in [9.17, 15) is 8.78 Å². The van der Waals surface area contributed by atoms with Crippen molar-refractivity contribution in [2.24, 2.45) is 0 Å². The van der Waals surface area contributed by atoms with Gasteiger partial charge in [-0.25, -0.2) is 8.78 Å². The van der Waals surface area contributed by atoms with Crippen LogP contribution in [0.4, 0.5) is 8.78 Å². The van der Waals surface area contributed by atoms with Crippen LogP contribution in [0.15, 0.2) is 89.6 Å². The molecule has 0 spiro atoms. The molecule has 0 amide bonds. The van der Waals surface area contributed by atoms with Gasteiger partial charge in [-0.15, -0.1) is 16.8 Å². The van der Waals surface area contributed by atoms with Gasteiger partial charge >= 0.3 is 0 Å². The second kappa shape index (κ2) is 13.3. The monoisotopic (exact) mass is 513 g/mol. The normalized spacial score (nSPS) is 13.6. The van der Waals surface area contributed by atoms with Crippen LogP contribution >= 0.6 is 0 Å². The zero-order valence-electron chi connectivity index (χ0n) is 17.8. The van der Waals surface area contributed by atoms with Gasteiger partial charge in [0.15, 0.2) is 0 Å². The van der Waals surface area contributed by atoms with Crippen molar-refractivity contribution in [1.82, 2.24) is 0 Å². The quantitative estimate of drug-likeness (QED) is 0.355. The minimum atomic E-state index is -0.333.